The molecule has 18 heavy (non-hydrogen) atoms. The molecule has 1 aliphatic heterocycles. The largest absolute Gasteiger partial charge is 0.355 e. The molecule has 1 aliphatic carbocycles. The monoisotopic (exact) mass is 263 g/mol. The van der Waals surface area contributed by atoms with Crippen molar-refractivity contribution in [1.29, 1.82) is 0 Å². The Hall–Kier alpha value is -0.770. The lowest BCUT2D eigenvalue weighted by Crippen LogP contribution is -2.39. The van der Waals surface area contributed by atoms with E-state index in [0.29, 0.717) is 5.41 Å². The number of hydrogen-bond donors (Lipinski definition) is 0. The minimum absolute atomic E-state index is 0.684. The van der Waals surface area contributed by atoms with Crippen LogP contribution in [0.5, 0.6) is 0 Å². The molecule has 0 radical (unpaired) electrons. The van der Waals surface area contributed by atoms with Gasteiger partial charge in [-0.15, -0.1) is 22.0 Å². The first-order valence-electron chi connectivity index (χ1n) is 6.94. The fraction of sp³-hybridized carbons (Fsp3) is 0.714. The quantitative estimate of drug-likeness (QED) is 0.765. The van der Waals surface area contributed by atoms with Gasteiger partial charge in [0.15, 0.2) is 5.82 Å². The van der Waals surface area contributed by atoms with E-state index in [1.54, 1.807) is 11.8 Å². The Morgan fingerprint density at radius 3 is 2.33 bits per heavy atom. The van der Waals surface area contributed by atoms with Crippen molar-refractivity contribution in [2.75, 3.05) is 24.2 Å². The Morgan fingerprint density at radius 2 is 1.78 bits per heavy atom. The molecule has 3 rings (SSSR count). The molecule has 1 saturated carbocycles. The van der Waals surface area contributed by atoms with Crippen LogP contribution in [-0.2, 0) is 0 Å². The Kier molecular flexibility index (Phi) is 3.46. The fourth-order valence-electron chi connectivity index (χ4n) is 3.43. The zero-order valence-electron chi connectivity index (χ0n) is 11.1. The molecule has 0 aromatic carbocycles. The molecule has 1 aromatic heterocycles. The van der Waals surface area contributed by atoms with Crippen LogP contribution < -0.4 is 4.90 Å². The number of hydrogen-bond acceptors (Lipinski definition) is 4. The average Bonchev–Trinajstić information content (AvgIpc) is 2.88. The molecule has 0 N–H and O–H groups in total. The smallest absolute Gasteiger partial charge is 0.151 e. The van der Waals surface area contributed by atoms with E-state index >= 15 is 0 Å². The standard InChI is InChI=1S/C14H21N3S/c1-18-13-5-4-12(15-16-13)17-10-8-14(9-11-17)6-2-3-7-14/h4-5H,2-3,6-11H2,1H3. The van der Waals surface area contributed by atoms with Crippen molar-refractivity contribution in [3.63, 3.8) is 0 Å². The number of nitrogens with zero attached hydrogens (tertiary/aromatic N) is 3. The van der Waals surface area contributed by atoms with Gasteiger partial charge in [-0.3, -0.25) is 0 Å². The first kappa shape index (κ1) is 12.3. The van der Waals surface area contributed by atoms with Crippen LogP contribution in [0.2, 0.25) is 0 Å². The van der Waals surface area contributed by atoms with Crippen molar-refractivity contribution in [3.05, 3.63) is 12.1 Å². The molecule has 2 fully saturated rings. The summed E-state index contributed by atoms with van der Waals surface area (Å²) in [6, 6.07) is 4.19. The zero-order valence-corrected chi connectivity index (χ0v) is 11.9. The van der Waals surface area contributed by atoms with Crippen molar-refractivity contribution in [3.8, 4) is 0 Å². The second-order valence-corrected chi connectivity index (χ2v) is 6.45. The summed E-state index contributed by atoms with van der Waals surface area (Å²) >= 11 is 1.65. The first-order valence-corrected chi connectivity index (χ1v) is 8.17. The Morgan fingerprint density at radius 1 is 1.06 bits per heavy atom. The van der Waals surface area contributed by atoms with E-state index in [1.807, 2.05) is 6.26 Å². The van der Waals surface area contributed by atoms with Crippen molar-refractivity contribution >= 4 is 17.6 Å². The molecule has 4 heteroatoms. The lowest BCUT2D eigenvalue weighted by Gasteiger charge is -2.39. The molecule has 98 valence electrons. The van der Waals surface area contributed by atoms with E-state index in [1.165, 1.54) is 38.5 Å². The maximum atomic E-state index is 4.34. The molecule has 0 atom stereocenters. The van der Waals surface area contributed by atoms with Crippen molar-refractivity contribution in [2.45, 2.75) is 43.6 Å². The van der Waals surface area contributed by atoms with Crippen molar-refractivity contribution < 1.29 is 0 Å². The Labute approximate surface area is 113 Å². The summed E-state index contributed by atoms with van der Waals surface area (Å²) in [5.74, 6) is 1.06. The molecule has 1 aromatic rings. The van der Waals surface area contributed by atoms with E-state index in [-0.39, 0.29) is 0 Å². The van der Waals surface area contributed by atoms with Gasteiger partial charge >= 0.3 is 0 Å². The predicted octanol–water partition coefficient (Wildman–Crippen LogP) is 3.36. The highest BCUT2D eigenvalue weighted by molar-refractivity contribution is 7.98. The van der Waals surface area contributed by atoms with E-state index in [9.17, 15) is 0 Å². The van der Waals surface area contributed by atoms with Crippen molar-refractivity contribution in [1.82, 2.24) is 10.2 Å². The average molecular weight is 263 g/mol. The molecule has 0 bridgehead atoms. The molecule has 2 aliphatic rings. The van der Waals surface area contributed by atoms with Gasteiger partial charge in [-0.1, -0.05) is 12.8 Å². The summed E-state index contributed by atoms with van der Waals surface area (Å²) in [6.45, 7) is 2.32. The highest BCUT2D eigenvalue weighted by Gasteiger charge is 2.37. The van der Waals surface area contributed by atoms with Gasteiger partial charge in [0.05, 0.1) is 0 Å². The molecule has 1 saturated heterocycles. The lowest BCUT2D eigenvalue weighted by atomic mass is 9.77. The third kappa shape index (κ3) is 2.35. The summed E-state index contributed by atoms with van der Waals surface area (Å²) in [6.07, 6.45) is 10.5. The van der Waals surface area contributed by atoms with Gasteiger partial charge in [0.1, 0.15) is 5.03 Å². The van der Waals surface area contributed by atoms with Gasteiger partial charge in [0, 0.05) is 13.1 Å². The second kappa shape index (κ2) is 5.08. The van der Waals surface area contributed by atoms with Gasteiger partial charge in [0.25, 0.3) is 0 Å². The maximum Gasteiger partial charge on any atom is 0.151 e. The van der Waals surface area contributed by atoms with E-state index in [4.69, 9.17) is 0 Å². The number of rotatable bonds is 2. The third-order valence-corrected chi connectivity index (χ3v) is 5.28. The zero-order chi connectivity index (χ0) is 12.4. The summed E-state index contributed by atoms with van der Waals surface area (Å²) in [5.41, 5.74) is 0.684. The minimum atomic E-state index is 0.684. The maximum absolute atomic E-state index is 4.34. The first-order chi connectivity index (χ1) is 8.81. The van der Waals surface area contributed by atoms with Crippen molar-refractivity contribution in [2.24, 2.45) is 5.41 Å². The molecule has 2 heterocycles. The molecule has 3 nitrogen and oxygen atoms in total. The highest BCUT2D eigenvalue weighted by Crippen LogP contribution is 2.46. The number of thioether (sulfide) groups is 1. The Bertz CT molecular complexity index is 388. The topological polar surface area (TPSA) is 29.0 Å². The van der Waals surface area contributed by atoms with Crippen LogP contribution in [0.25, 0.3) is 0 Å². The van der Waals surface area contributed by atoms with Crippen LogP contribution >= 0.6 is 11.8 Å². The van der Waals surface area contributed by atoms with Gasteiger partial charge in [-0.2, -0.15) is 0 Å². The van der Waals surface area contributed by atoms with Gasteiger partial charge < -0.3 is 4.90 Å². The minimum Gasteiger partial charge on any atom is -0.355 e. The van der Waals surface area contributed by atoms with Gasteiger partial charge in [0.2, 0.25) is 0 Å². The van der Waals surface area contributed by atoms with Crippen LogP contribution in [0, 0.1) is 5.41 Å². The van der Waals surface area contributed by atoms with Crippen LogP contribution in [0.1, 0.15) is 38.5 Å². The van der Waals surface area contributed by atoms with Crippen LogP contribution in [-0.4, -0.2) is 29.5 Å². The van der Waals surface area contributed by atoms with Gasteiger partial charge in [-0.05, 0) is 49.5 Å². The number of aromatic nitrogens is 2. The molecule has 0 amide bonds. The number of piperidine rings is 1. The molecule has 0 unspecified atom stereocenters. The fourth-order valence-corrected chi connectivity index (χ4v) is 3.75. The highest BCUT2D eigenvalue weighted by atomic mass is 32.2. The molecule has 1 spiro atoms. The lowest BCUT2D eigenvalue weighted by molar-refractivity contribution is 0.226. The molecular weight excluding hydrogens is 242 g/mol. The summed E-state index contributed by atoms with van der Waals surface area (Å²) in [4.78, 5) is 2.40. The van der Waals surface area contributed by atoms with E-state index in [2.05, 4.69) is 27.2 Å². The number of anilines is 1. The summed E-state index contributed by atoms with van der Waals surface area (Å²) in [5, 5.41) is 9.58. The van der Waals surface area contributed by atoms with E-state index in [0.717, 1.165) is 23.9 Å². The SMILES string of the molecule is CSc1ccc(N2CCC3(CCCC3)CC2)nn1. The summed E-state index contributed by atoms with van der Waals surface area (Å²) < 4.78 is 0. The third-order valence-electron chi connectivity index (χ3n) is 4.65. The predicted molar refractivity (Wildman–Crippen MR) is 76.2 cm³/mol. The van der Waals surface area contributed by atoms with Crippen LogP contribution in [0.3, 0.4) is 0 Å². The van der Waals surface area contributed by atoms with Crippen LogP contribution in [0.15, 0.2) is 17.2 Å². The van der Waals surface area contributed by atoms with E-state index < -0.39 is 0 Å². The van der Waals surface area contributed by atoms with Crippen LogP contribution in [0.4, 0.5) is 5.82 Å². The van der Waals surface area contributed by atoms with Gasteiger partial charge in [-0.25, -0.2) is 0 Å². The Balaban J connectivity index is 1.64. The normalized spacial score (nSPS) is 22.6. The summed E-state index contributed by atoms with van der Waals surface area (Å²) in [7, 11) is 0. The second-order valence-electron chi connectivity index (χ2n) is 5.63. The molecular formula is C14H21N3S.